The fourth-order valence-electron chi connectivity index (χ4n) is 5.31. The van der Waals surface area contributed by atoms with Crippen molar-refractivity contribution in [3.63, 3.8) is 0 Å². The molecule has 3 amide bonds. The minimum Gasteiger partial charge on any atom is -0.452 e. The van der Waals surface area contributed by atoms with Gasteiger partial charge in [0.1, 0.15) is 0 Å². The van der Waals surface area contributed by atoms with E-state index in [2.05, 4.69) is 21.2 Å². The SMILES string of the molecule is CCc1cc(Br)ccc1NC(=O)COC(=O)c1cccc(N2C(=O)[C@H]3[C@H](C2=O)[C@H]2C=C[C@H]3C2)c1. The Morgan fingerprint density at radius 3 is 2.44 bits per heavy atom. The zero-order valence-corrected chi connectivity index (χ0v) is 20.1. The maximum Gasteiger partial charge on any atom is 0.338 e. The number of carbonyl (C=O) groups is 4. The lowest BCUT2D eigenvalue weighted by molar-refractivity contribution is -0.123. The van der Waals surface area contributed by atoms with Gasteiger partial charge in [-0.15, -0.1) is 0 Å². The van der Waals surface area contributed by atoms with E-state index in [1.165, 1.54) is 17.0 Å². The van der Waals surface area contributed by atoms with Gasteiger partial charge < -0.3 is 10.1 Å². The average Bonchev–Trinajstić information content (AvgIpc) is 3.52. The third-order valence-corrected chi connectivity index (χ3v) is 7.36. The van der Waals surface area contributed by atoms with Gasteiger partial charge in [-0.2, -0.15) is 0 Å². The number of aryl methyl sites for hydroxylation is 1. The number of nitrogens with one attached hydrogen (secondary N) is 1. The molecular weight excluding hydrogens is 500 g/mol. The van der Waals surface area contributed by atoms with Crippen molar-refractivity contribution in [1.82, 2.24) is 0 Å². The third kappa shape index (κ3) is 3.86. The van der Waals surface area contributed by atoms with Crippen LogP contribution in [0.4, 0.5) is 11.4 Å². The minimum atomic E-state index is -0.704. The van der Waals surface area contributed by atoms with Crippen molar-refractivity contribution >= 4 is 51.0 Å². The second-order valence-electron chi connectivity index (χ2n) is 8.84. The molecule has 1 heterocycles. The summed E-state index contributed by atoms with van der Waals surface area (Å²) in [6, 6.07) is 11.8. The summed E-state index contributed by atoms with van der Waals surface area (Å²) in [4.78, 5) is 52.2. The van der Waals surface area contributed by atoms with Gasteiger partial charge in [-0.1, -0.05) is 41.1 Å². The Labute approximate surface area is 205 Å². The first-order valence-corrected chi connectivity index (χ1v) is 12.1. The van der Waals surface area contributed by atoms with Crippen LogP contribution in [-0.4, -0.2) is 30.3 Å². The van der Waals surface area contributed by atoms with Gasteiger partial charge >= 0.3 is 5.97 Å². The number of allylic oxidation sites excluding steroid dienone is 2. The molecule has 8 heteroatoms. The molecule has 2 aromatic rings. The van der Waals surface area contributed by atoms with Crippen LogP contribution in [0.3, 0.4) is 0 Å². The molecule has 7 nitrogen and oxygen atoms in total. The van der Waals surface area contributed by atoms with Crippen molar-refractivity contribution in [3.05, 3.63) is 70.2 Å². The summed E-state index contributed by atoms with van der Waals surface area (Å²) < 4.78 is 6.10. The lowest BCUT2D eigenvalue weighted by Gasteiger charge is -2.18. The smallest absolute Gasteiger partial charge is 0.338 e. The summed E-state index contributed by atoms with van der Waals surface area (Å²) in [5.74, 6) is -1.98. The largest absolute Gasteiger partial charge is 0.452 e. The van der Waals surface area contributed by atoms with E-state index in [-0.39, 0.29) is 41.0 Å². The minimum absolute atomic E-state index is 0.113. The maximum atomic E-state index is 13.0. The van der Waals surface area contributed by atoms with E-state index in [0.717, 1.165) is 22.9 Å². The fourth-order valence-corrected chi connectivity index (χ4v) is 5.71. The summed E-state index contributed by atoms with van der Waals surface area (Å²) in [5.41, 5.74) is 2.14. The van der Waals surface area contributed by atoms with E-state index in [1.54, 1.807) is 18.2 Å². The lowest BCUT2D eigenvalue weighted by atomic mass is 9.85. The molecule has 1 saturated carbocycles. The van der Waals surface area contributed by atoms with Crippen LogP contribution in [0.1, 0.15) is 29.3 Å². The van der Waals surface area contributed by atoms with Crippen molar-refractivity contribution in [1.29, 1.82) is 0 Å². The van der Waals surface area contributed by atoms with Crippen molar-refractivity contribution < 1.29 is 23.9 Å². The molecular formula is C26H23BrN2O5. The molecule has 2 bridgehead atoms. The molecule has 0 spiro atoms. The molecule has 2 aromatic carbocycles. The summed E-state index contributed by atoms with van der Waals surface area (Å²) >= 11 is 3.41. The van der Waals surface area contributed by atoms with Gasteiger partial charge in [0.15, 0.2) is 6.61 Å². The Kier molecular flexibility index (Phi) is 5.85. The Balaban J connectivity index is 1.24. The van der Waals surface area contributed by atoms with E-state index < -0.39 is 18.5 Å². The molecule has 5 rings (SSSR count). The Morgan fingerprint density at radius 1 is 1.06 bits per heavy atom. The van der Waals surface area contributed by atoms with Crippen LogP contribution in [0.5, 0.6) is 0 Å². The summed E-state index contributed by atoms with van der Waals surface area (Å²) in [5, 5.41) is 2.76. The number of ether oxygens (including phenoxy) is 1. The second-order valence-corrected chi connectivity index (χ2v) is 9.76. The number of benzene rings is 2. The molecule has 2 fully saturated rings. The average molecular weight is 523 g/mol. The van der Waals surface area contributed by atoms with Crippen LogP contribution in [0.15, 0.2) is 59.1 Å². The molecule has 0 aromatic heterocycles. The summed E-state index contributed by atoms with van der Waals surface area (Å²) in [6.45, 7) is 1.53. The number of hydrogen-bond acceptors (Lipinski definition) is 5. The van der Waals surface area contributed by atoms with Gasteiger partial charge in [0.05, 0.1) is 23.1 Å². The molecule has 1 saturated heterocycles. The number of imide groups is 1. The number of amides is 3. The highest BCUT2D eigenvalue weighted by Crippen LogP contribution is 2.53. The molecule has 3 aliphatic rings. The molecule has 4 atom stereocenters. The van der Waals surface area contributed by atoms with Crippen molar-refractivity contribution in [2.24, 2.45) is 23.7 Å². The second kappa shape index (κ2) is 8.83. The Morgan fingerprint density at radius 2 is 1.76 bits per heavy atom. The topological polar surface area (TPSA) is 92.8 Å². The van der Waals surface area contributed by atoms with Crippen LogP contribution >= 0.6 is 15.9 Å². The van der Waals surface area contributed by atoms with Crippen molar-refractivity contribution in [2.45, 2.75) is 19.8 Å². The zero-order chi connectivity index (χ0) is 24.0. The number of nitrogens with zero attached hydrogens (tertiary/aromatic N) is 1. The Hall–Kier alpha value is -3.26. The van der Waals surface area contributed by atoms with Crippen LogP contribution in [0.2, 0.25) is 0 Å². The first-order valence-electron chi connectivity index (χ1n) is 11.3. The lowest BCUT2D eigenvalue weighted by Crippen LogP contribution is -2.33. The fraction of sp³-hybridized carbons (Fsp3) is 0.308. The van der Waals surface area contributed by atoms with E-state index in [4.69, 9.17) is 4.74 Å². The first kappa shape index (κ1) is 22.5. The molecule has 0 radical (unpaired) electrons. The van der Waals surface area contributed by atoms with E-state index >= 15 is 0 Å². The number of carbonyl (C=O) groups excluding carboxylic acids is 4. The molecule has 2 aliphatic carbocycles. The standard InChI is InChI=1S/C26H23BrN2O5/c1-2-14-11-18(27)8-9-20(14)28-21(30)13-34-26(33)17-4-3-5-19(12-17)29-24(31)22-15-6-7-16(10-15)23(22)25(29)32/h3-9,11-12,15-16,22-23H,2,10,13H2,1H3,(H,28,30)/t15-,16-,22+,23+/m0/s1. The Bertz CT molecular complexity index is 1210. The number of fused-ring (bicyclic) bond motifs is 5. The summed E-state index contributed by atoms with van der Waals surface area (Å²) in [7, 11) is 0. The molecule has 0 unspecified atom stereocenters. The zero-order valence-electron chi connectivity index (χ0n) is 18.5. The third-order valence-electron chi connectivity index (χ3n) is 6.87. The normalized spacial score (nSPS) is 24.5. The van der Waals surface area contributed by atoms with Crippen LogP contribution in [-0.2, 0) is 25.5 Å². The van der Waals surface area contributed by atoms with Gasteiger partial charge in [-0.05, 0) is 66.6 Å². The molecule has 34 heavy (non-hydrogen) atoms. The summed E-state index contributed by atoms with van der Waals surface area (Å²) in [6.07, 6.45) is 5.66. The first-order chi connectivity index (χ1) is 16.4. The van der Waals surface area contributed by atoms with Crippen LogP contribution in [0, 0.1) is 23.7 Å². The van der Waals surface area contributed by atoms with Crippen molar-refractivity contribution in [2.75, 3.05) is 16.8 Å². The van der Waals surface area contributed by atoms with Gasteiger partial charge in [0, 0.05) is 10.2 Å². The molecule has 1 aliphatic heterocycles. The number of hydrogen-bond donors (Lipinski definition) is 1. The molecule has 1 N–H and O–H groups in total. The maximum absolute atomic E-state index is 13.0. The van der Waals surface area contributed by atoms with Gasteiger partial charge in [-0.25, -0.2) is 9.69 Å². The number of esters is 1. The van der Waals surface area contributed by atoms with Crippen LogP contribution in [0.25, 0.3) is 0 Å². The van der Waals surface area contributed by atoms with E-state index in [0.29, 0.717) is 11.4 Å². The highest BCUT2D eigenvalue weighted by atomic mass is 79.9. The van der Waals surface area contributed by atoms with Gasteiger partial charge in [0.2, 0.25) is 11.8 Å². The highest BCUT2D eigenvalue weighted by Gasteiger charge is 2.59. The number of anilines is 2. The quantitative estimate of drug-likeness (QED) is 0.350. The monoisotopic (exact) mass is 522 g/mol. The predicted molar refractivity (Wildman–Crippen MR) is 129 cm³/mol. The predicted octanol–water partition coefficient (Wildman–Crippen LogP) is 4.12. The van der Waals surface area contributed by atoms with Gasteiger partial charge in [-0.3, -0.25) is 14.4 Å². The molecule has 174 valence electrons. The van der Waals surface area contributed by atoms with E-state index in [1.807, 2.05) is 31.2 Å². The number of rotatable bonds is 6. The number of halogens is 1. The highest BCUT2D eigenvalue weighted by molar-refractivity contribution is 9.10. The van der Waals surface area contributed by atoms with Crippen molar-refractivity contribution in [3.8, 4) is 0 Å². The van der Waals surface area contributed by atoms with E-state index in [9.17, 15) is 19.2 Å². The van der Waals surface area contributed by atoms with Crippen LogP contribution < -0.4 is 10.2 Å². The van der Waals surface area contributed by atoms with Gasteiger partial charge in [0.25, 0.3) is 5.91 Å².